The number of aliphatic hydroxyl groups is 1. The third-order valence-electron chi connectivity index (χ3n) is 5.81. The van der Waals surface area contributed by atoms with Gasteiger partial charge in [0, 0.05) is 35.4 Å². The van der Waals surface area contributed by atoms with E-state index in [-0.39, 0.29) is 5.56 Å². The van der Waals surface area contributed by atoms with Crippen molar-refractivity contribution in [1.82, 2.24) is 14.1 Å². The first-order valence-electron chi connectivity index (χ1n) is 10.2. The Morgan fingerprint density at radius 1 is 1.06 bits per heavy atom. The number of aliphatic hydroxyl groups excluding tert-OH is 1. The average Bonchev–Trinajstić information content (AvgIpc) is 3.39. The molecule has 0 radical (unpaired) electrons. The molecule has 0 aliphatic rings. The first kappa shape index (κ1) is 20.0. The summed E-state index contributed by atoms with van der Waals surface area (Å²) >= 11 is 0. The van der Waals surface area contributed by atoms with Crippen molar-refractivity contribution in [1.29, 1.82) is 0 Å². The van der Waals surface area contributed by atoms with Crippen molar-refractivity contribution in [3.8, 4) is 5.69 Å². The van der Waals surface area contributed by atoms with E-state index in [4.69, 9.17) is 5.73 Å². The number of benzene rings is 3. The van der Waals surface area contributed by atoms with Crippen LogP contribution in [0.3, 0.4) is 0 Å². The van der Waals surface area contributed by atoms with Crippen LogP contribution in [0.15, 0.2) is 73.3 Å². The fourth-order valence-corrected chi connectivity index (χ4v) is 4.26. The van der Waals surface area contributed by atoms with Crippen LogP contribution in [0.2, 0.25) is 0 Å². The zero-order chi connectivity index (χ0) is 22.4. The molecule has 160 valence electrons. The number of imidazole rings is 1. The molecule has 0 aliphatic heterocycles. The molecule has 2 heterocycles. The minimum absolute atomic E-state index is 0.229. The summed E-state index contributed by atoms with van der Waals surface area (Å²) in [6.45, 7) is 2.63. The summed E-state index contributed by atoms with van der Waals surface area (Å²) < 4.78 is 4.08. The van der Waals surface area contributed by atoms with Crippen molar-refractivity contribution in [2.24, 2.45) is 5.73 Å². The van der Waals surface area contributed by atoms with Crippen LogP contribution in [0.25, 0.3) is 27.5 Å². The first-order valence-corrected chi connectivity index (χ1v) is 10.2. The standard InChI is InChI=1S/C25H22N4O3/c1-15-10-17(24(26)30)4-7-21(15)29-22-11-16(13-28-9-8-27-14-28)2-5-19(22)20-6-3-18(25(31)32)12-23(20)29/h2-12,14,24,30H,13,26H2,1H3,(H,31,32). The number of hydrogen-bond donors (Lipinski definition) is 3. The van der Waals surface area contributed by atoms with Crippen LogP contribution in [0, 0.1) is 6.92 Å². The smallest absolute Gasteiger partial charge is 0.335 e. The SMILES string of the molecule is Cc1cc(C(N)O)ccc1-n1c2cc(Cn3ccnc3)ccc2c2ccc(C(=O)O)cc21. The molecule has 32 heavy (non-hydrogen) atoms. The Balaban J connectivity index is 1.80. The highest BCUT2D eigenvalue weighted by atomic mass is 16.4. The van der Waals surface area contributed by atoms with Crippen LogP contribution >= 0.6 is 0 Å². The lowest BCUT2D eigenvalue weighted by Gasteiger charge is -2.14. The third kappa shape index (κ3) is 3.33. The van der Waals surface area contributed by atoms with E-state index in [1.165, 1.54) is 0 Å². The number of aromatic carboxylic acids is 1. The van der Waals surface area contributed by atoms with Crippen LogP contribution in [0.1, 0.15) is 33.3 Å². The number of fused-ring (bicyclic) bond motifs is 3. The van der Waals surface area contributed by atoms with Gasteiger partial charge in [-0.3, -0.25) is 0 Å². The monoisotopic (exact) mass is 426 g/mol. The van der Waals surface area contributed by atoms with Gasteiger partial charge in [-0.1, -0.05) is 30.3 Å². The highest BCUT2D eigenvalue weighted by molar-refractivity contribution is 6.11. The van der Waals surface area contributed by atoms with Gasteiger partial charge in [-0.05, 0) is 47.9 Å². The van der Waals surface area contributed by atoms with Crippen LogP contribution in [-0.2, 0) is 6.54 Å². The van der Waals surface area contributed by atoms with Gasteiger partial charge in [0.25, 0.3) is 0 Å². The summed E-state index contributed by atoms with van der Waals surface area (Å²) in [5, 5.41) is 21.3. The zero-order valence-corrected chi connectivity index (χ0v) is 17.4. The van der Waals surface area contributed by atoms with Gasteiger partial charge in [0.1, 0.15) is 6.23 Å². The average molecular weight is 426 g/mol. The highest BCUT2D eigenvalue weighted by Crippen LogP contribution is 2.35. The Hall–Kier alpha value is -3.94. The van der Waals surface area contributed by atoms with Crippen molar-refractivity contribution in [3.63, 3.8) is 0 Å². The quantitative estimate of drug-likeness (QED) is 0.369. The van der Waals surface area contributed by atoms with Crippen molar-refractivity contribution < 1.29 is 15.0 Å². The largest absolute Gasteiger partial charge is 0.478 e. The van der Waals surface area contributed by atoms with Gasteiger partial charge in [-0.2, -0.15) is 0 Å². The van der Waals surface area contributed by atoms with E-state index in [9.17, 15) is 15.0 Å². The Morgan fingerprint density at radius 3 is 2.47 bits per heavy atom. The molecule has 7 heteroatoms. The molecule has 2 aromatic heterocycles. The van der Waals surface area contributed by atoms with Crippen molar-refractivity contribution >= 4 is 27.8 Å². The van der Waals surface area contributed by atoms with Gasteiger partial charge >= 0.3 is 5.97 Å². The van der Waals surface area contributed by atoms with E-state index in [1.807, 2.05) is 35.9 Å². The minimum Gasteiger partial charge on any atom is -0.478 e. The van der Waals surface area contributed by atoms with Gasteiger partial charge < -0.3 is 25.1 Å². The second-order valence-corrected chi connectivity index (χ2v) is 7.95. The first-order chi connectivity index (χ1) is 15.4. The van der Waals surface area contributed by atoms with Crippen molar-refractivity contribution in [2.75, 3.05) is 0 Å². The number of hydrogen-bond acceptors (Lipinski definition) is 4. The lowest BCUT2D eigenvalue weighted by molar-refractivity contribution is 0.0697. The molecule has 1 atom stereocenters. The number of carboxylic acid groups (broad SMARTS) is 1. The van der Waals surface area contributed by atoms with Crippen molar-refractivity contribution in [3.05, 3.63) is 95.6 Å². The maximum absolute atomic E-state index is 11.7. The summed E-state index contributed by atoms with van der Waals surface area (Å²) in [7, 11) is 0. The number of nitrogens with two attached hydrogens (primary N) is 1. The molecule has 0 bridgehead atoms. The minimum atomic E-state index is -1.05. The topological polar surface area (TPSA) is 106 Å². The molecule has 1 unspecified atom stereocenters. The number of nitrogens with zero attached hydrogens (tertiary/aromatic N) is 3. The molecule has 7 nitrogen and oxygen atoms in total. The predicted octanol–water partition coefficient (Wildman–Crippen LogP) is 3.98. The second kappa shape index (κ2) is 7.64. The van der Waals surface area contributed by atoms with E-state index in [0.29, 0.717) is 12.1 Å². The van der Waals surface area contributed by atoms with Crippen LogP contribution < -0.4 is 5.73 Å². The van der Waals surface area contributed by atoms with Crippen LogP contribution in [-0.4, -0.2) is 30.3 Å². The molecular formula is C25H22N4O3. The van der Waals surface area contributed by atoms with Gasteiger partial charge in [-0.25, -0.2) is 9.78 Å². The Bertz CT molecular complexity index is 1470. The molecule has 0 saturated carbocycles. The van der Waals surface area contributed by atoms with E-state index >= 15 is 0 Å². The fourth-order valence-electron chi connectivity index (χ4n) is 4.26. The zero-order valence-electron chi connectivity index (χ0n) is 17.4. The van der Waals surface area contributed by atoms with E-state index in [0.717, 1.165) is 38.6 Å². The molecule has 4 N–H and O–H groups in total. The highest BCUT2D eigenvalue weighted by Gasteiger charge is 2.17. The molecule has 0 fully saturated rings. The molecule has 0 spiro atoms. The summed E-state index contributed by atoms with van der Waals surface area (Å²) in [6, 6.07) is 17.0. The molecule has 5 aromatic rings. The Labute approximate surface area is 184 Å². The van der Waals surface area contributed by atoms with Gasteiger partial charge in [0.05, 0.1) is 22.9 Å². The molecule has 5 rings (SSSR count). The lowest BCUT2D eigenvalue weighted by Crippen LogP contribution is -2.09. The number of carboxylic acids is 1. The maximum Gasteiger partial charge on any atom is 0.335 e. The normalized spacial score (nSPS) is 12.5. The summed E-state index contributed by atoms with van der Waals surface area (Å²) in [4.78, 5) is 15.8. The van der Waals surface area contributed by atoms with Crippen LogP contribution in [0.4, 0.5) is 0 Å². The van der Waals surface area contributed by atoms with E-state index in [1.54, 1.807) is 30.7 Å². The maximum atomic E-state index is 11.7. The predicted molar refractivity (Wildman–Crippen MR) is 123 cm³/mol. The van der Waals surface area contributed by atoms with Crippen LogP contribution in [0.5, 0.6) is 0 Å². The molecule has 3 aromatic carbocycles. The number of carbonyl (C=O) groups is 1. The van der Waals surface area contributed by atoms with Gasteiger partial charge in [-0.15, -0.1) is 0 Å². The number of rotatable bonds is 5. The molecular weight excluding hydrogens is 404 g/mol. The second-order valence-electron chi connectivity index (χ2n) is 7.95. The summed E-state index contributed by atoms with van der Waals surface area (Å²) in [5.74, 6) is -0.970. The fraction of sp³-hybridized carbons (Fsp3) is 0.120. The van der Waals surface area contributed by atoms with Gasteiger partial charge in [0.15, 0.2) is 0 Å². The Kier molecular flexibility index (Phi) is 4.77. The van der Waals surface area contributed by atoms with E-state index < -0.39 is 12.2 Å². The summed E-state index contributed by atoms with van der Waals surface area (Å²) in [5.41, 5.74) is 11.2. The lowest BCUT2D eigenvalue weighted by atomic mass is 10.1. The van der Waals surface area contributed by atoms with Gasteiger partial charge in [0.2, 0.25) is 0 Å². The van der Waals surface area contributed by atoms with E-state index in [2.05, 4.69) is 27.8 Å². The third-order valence-corrected chi connectivity index (χ3v) is 5.81. The molecule has 0 saturated heterocycles. The Morgan fingerprint density at radius 2 is 1.81 bits per heavy atom. The molecule has 0 amide bonds. The van der Waals surface area contributed by atoms with Crippen molar-refractivity contribution in [2.45, 2.75) is 19.7 Å². The summed E-state index contributed by atoms with van der Waals surface area (Å²) in [6.07, 6.45) is 4.39. The number of aromatic nitrogens is 3. The number of aryl methyl sites for hydroxylation is 1. The molecule has 0 aliphatic carbocycles.